The molecule has 1 amide bonds. The van der Waals surface area contributed by atoms with Crippen LogP contribution in [0.2, 0.25) is 0 Å². The average Bonchev–Trinajstić information content (AvgIpc) is 3.24. The Labute approximate surface area is 148 Å². The molecule has 130 valence electrons. The Morgan fingerprint density at radius 2 is 2.12 bits per heavy atom. The number of nitrogens with one attached hydrogen (secondary N) is 1. The molecule has 5 nitrogen and oxygen atoms in total. The normalized spacial score (nSPS) is 21.2. The molecule has 5 heteroatoms. The summed E-state index contributed by atoms with van der Waals surface area (Å²) >= 11 is 0. The van der Waals surface area contributed by atoms with Crippen LogP contribution in [0, 0.1) is 19.8 Å². The summed E-state index contributed by atoms with van der Waals surface area (Å²) in [6.07, 6.45) is 5.45. The Bertz CT molecular complexity index is 818. The minimum absolute atomic E-state index is 0.256. The molecule has 0 saturated heterocycles. The Kier molecular flexibility index (Phi) is 3.94. The third kappa shape index (κ3) is 2.88. The van der Waals surface area contributed by atoms with Gasteiger partial charge in [0.05, 0.1) is 0 Å². The number of aryl methyl sites for hydroxylation is 1. The molecule has 2 aromatic rings. The number of pyridine rings is 2. The van der Waals surface area contributed by atoms with Gasteiger partial charge in [-0.3, -0.25) is 9.78 Å². The van der Waals surface area contributed by atoms with E-state index in [2.05, 4.69) is 28.3 Å². The highest BCUT2D eigenvalue weighted by Gasteiger charge is 2.41. The molecule has 2 atom stereocenters. The van der Waals surface area contributed by atoms with Gasteiger partial charge in [0.2, 0.25) is 5.91 Å². The van der Waals surface area contributed by atoms with E-state index in [4.69, 9.17) is 0 Å². The molecule has 4 rings (SSSR count). The minimum Gasteiger partial charge on any atom is -0.373 e. The van der Waals surface area contributed by atoms with Crippen molar-refractivity contribution in [3.05, 3.63) is 52.5 Å². The summed E-state index contributed by atoms with van der Waals surface area (Å²) in [6.45, 7) is 5.52. The molecule has 1 aliphatic carbocycles. The van der Waals surface area contributed by atoms with Crippen LogP contribution in [0.5, 0.6) is 0 Å². The van der Waals surface area contributed by atoms with Crippen molar-refractivity contribution in [1.82, 2.24) is 14.9 Å². The topological polar surface area (TPSA) is 58.1 Å². The molecule has 0 bridgehead atoms. The average molecular weight is 336 g/mol. The first-order valence-corrected chi connectivity index (χ1v) is 8.93. The van der Waals surface area contributed by atoms with Gasteiger partial charge < -0.3 is 10.2 Å². The van der Waals surface area contributed by atoms with Crippen molar-refractivity contribution in [2.75, 3.05) is 12.4 Å². The number of hydrogen-bond donors (Lipinski definition) is 1. The van der Waals surface area contributed by atoms with Gasteiger partial charge in [-0.15, -0.1) is 0 Å². The fourth-order valence-corrected chi connectivity index (χ4v) is 3.94. The lowest BCUT2D eigenvalue weighted by molar-refractivity contribution is -0.132. The zero-order chi connectivity index (χ0) is 17.6. The number of carbonyl (C=O) groups excluding carboxylic acids is 1. The van der Waals surface area contributed by atoms with Gasteiger partial charge in [0, 0.05) is 50.2 Å². The number of anilines is 1. The largest absolute Gasteiger partial charge is 0.373 e. The SMILES string of the molecule is CNc1nc(C)c(C)c2c1CN(C(=O)CC1CC1c1cccnc1)C2. The van der Waals surface area contributed by atoms with Gasteiger partial charge in [-0.05, 0) is 54.9 Å². The minimum atomic E-state index is 0.256. The molecule has 2 aromatic heterocycles. The van der Waals surface area contributed by atoms with Crippen LogP contribution in [0.25, 0.3) is 0 Å². The maximum absolute atomic E-state index is 12.8. The first-order chi connectivity index (χ1) is 12.1. The summed E-state index contributed by atoms with van der Waals surface area (Å²) in [5.74, 6) is 2.13. The predicted molar refractivity (Wildman–Crippen MR) is 97.2 cm³/mol. The van der Waals surface area contributed by atoms with E-state index < -0.39 is 0 Å². The van der Waals surface area contributed by atoms with E-state index in [0.29, 0.717) is 31.3 Å². The highest BCUT2D eigenvalue weighted by molar-refractivity contribution is 5.78. The summed E-state index contributed by atoms with van der Waals surface area (Å²) in [6, 6.07) is 4.09. The standard InChI is InChI=1S/C20H24N4O/c1-12-13(2)23-20(21-3)18-11-24(10-17(12)18)19(25)8-15-7-16(15)14-5-4-6-22-9-14/h4-6,9,15-16H,7-8,10-11H2,1-3H3,(H,21,23). The third-order valence-electron chi connectivity index (χ3n) is 5.68. The van der Waals surface area contributed by atoms with E-state index in [0.717, 1.165) is 17.9 Å². The van der Waals surface area contributed by atoms with Crippen molar-refractivity contribution >= 4 is 11.7 Å². The van der Waals surface area contributed by atoms with Gasteiger partial charge in [-0.25, -0.2) is 4.98 Å². The number of amides is 1. The summed E-state index contributed by atoms with van der Waals surface area (Å²) < 4.78 is 0. The fourth-order valence-electron chi connectivity index (χ4n) is 3.94. The van der Waals surface area contributed by atoms with Gasteiger partial charge in [-0.1, -0.05) is 6.07 Å². The Morgan fingerprint density at radius 3 is 2.84 bits per heavy atom. The second-order valence-electron chi connectivity index (χ2n) is 7.22. The molecule has 0 spiro atoms. The van der Waals surface area contributed by atoms with Gasteiger partial charge in [-0.2, -0.15) is 0 Å². The predicted octanol–water partition coefficient (Wildman–Crippen LogP) is 3.17. The number of rotatable bonds is 4. The van der Waals surface area contributed by atoms with Gasteiger partial charge in [0.15, 0.2) is 0 Å². The number of hydrogen-bond acceptors (Lipinski definition) is 4. The first kappa shape index (κ1) is 16.1. The maximum Gasteiger partial charge on any atom is 0.223 e. The van der Waals surface area contributed by atoms with Crippen molar-refractivity contribution in [3.8, 4) is 0 Å². The first-order valence-electron chi connectivity index (χ1n) is 8.93. The quantitative estimate of drug-likeness (QED) is 0.932. The molecule has 25 heavy (non-hydrogen) atoms. The van der Waals surface area contributed by atoms with Gasteiger partial charge in [0.1, 0.15) is 5.82 Å². The van der Waals surface area contributed by atoms with E-state index >= 15 is 0 Å². The highest BCUT2D eigenvalue weighted by Crippen LogP contribution is 2.49. The second kappa shape index (κ2) is 6.14. The number of carbonyl (C=O) groups is 1. The number of nitrogens with zero attached hydrogens (tertiary/aromatic N) is 3. The molecule has 1 aliphatic heterocycles. The molecule has 0 radical (unpaired) electrons. The molecule has 0 aromatic carbocycles. The lowest BCUT2D eigenvalue weighted by Gasteiger charge is -2.15. The van der Waals surface area contributed by atoms with E-state index in [9.17, 15) is 4.79 Å². The molecule has 3 heterocycles. The Hall–Kier alpha value is -2.43. The zero-order valence-corrected chi connectivity index (χ0v) is 15.0. The molecule has 2 aliphatic rings. The molecule has 1 saturated carbocycles. The van der Waals surface area contributed by atoms with Crippen molar-refractivity contribution in [1.29, 1.82) is 0 Å². The fraction of sp³-hybridized carbons (Fsp3) is 0.450. The van der Waals surface area contributed by atoms with Crippen LogP contribution in [0.1, 0.15) is 46.7 Å². The Balaban J connectivity index is 1.44. The van der Waals surface area contributed by atoms with Crippen LogP contribution >= 0.6 is 0 Å². The molecule has 1 N–H and O–H groups in total. The Morgan fingerprint density at radius 1 is 1.32 bits per heavy atom. The van der Waals surface area contributed by atoms with Crippen molar-refractivity contribution in [3.63, 3.8) is 0 Å². The third-order valence-corrected chi connectivity index (χ3v) is 5.68. The summed E-state index contributed by atoms with van der Waals surface area (Å²) in [5.41, 5.74) is 5.96. The van der Waals surface area contributed by atoms with Crippen LogP contribution in [0.4, 0.5) is 5.82 Å². The highest BCUT2D eigenvalue weighted by atomic mass is 16.2. The number of fused-ring (bicyclic) bond motifs is 1. The van der Waals surface area contributed by atoms with E-state index in [1.165, 1.54) is 22.3 Å². The summed E-state index contributed by atoms with van der Waals surface area (Å²) in [7, 11) is 1.89. The smallest absolute Gasteiger partial charge is 0.223 e. The summed E-state index contributed by atoms with van der Waals surface area (Å²) in [4.78, 5) is 23.6. The number of aromatic nitrogens is 2. The second-order valence-corrected chi connectivity index (χ2v) is 7.22. The molecular formula is C20H24N4O. The van der Waals surface area contributed by atoms with Crippen LogP contribution in [-0.2, 0) is 17.9 Å². The lowest BCUT2D eigenvalue weighted by atomic mass is 10.0. The van der Waals surface area contributed by atoms with Crippen LogP contribution < -0.4 is 5.32 Å². The lowest BCUT2D eigenvalue weighted by Crippen LogP contribution is -2.25. The summed E-state index contributed by atoms with van der Waals surface area (Å²) in [5, 5.41) is 3.18. The van der Waals surface area contributed by atoms with Gasteiger partial charge >= 0.3 is 0 Å². The van der Waals surface area contributed by atoms with Crippen molar-refractivity contribution < 1.29 is 4.79 Å². The van der Waals surface area contributed by atoms with E-state index in [1.54, 1.807) is 6.20 Å². The van der Waals surface area contributed by atoms with Gasteiger partial charge in [0.25, 0.3) is 0 Å². The van der Waals surface area contributed by atoms with E-state index in [1.807, 2.05) is 31.1 Å². The van der Waals surface area contributed by atoms with Crippen molar-refractivity contribution in [2.45, 2.75) is 45.7 Å². The van der Waals surface area contributed by atoms with Crippen LogP contribution in [0.3, 0.4) is 0 Å². The monoisotopic (exact) mass is 336 g/mol. The maximum atomic E-state index is 12.8. The molecular weight excluding hydrogens is 312 g/mol. The zero-order valence-electron chi connectivity index (χ0n) is 15.0. The molecule has 1 fully saturated rings. The molecule has 2 unspecified atom stereocenters. The van der Waals surface area contributed by atoms with Crippen molar-refractivity contribution in [2.24, 2.45) is 5.92 Å². The van der Waals surface area contributed by atoms with Crippen LogP contribution in [-0.4, -0.2) is 27.8 Å². The van der Waals surface area contributed by atoms with Crippen LogP contribution in [0.15, 0.2) is 24.5 Å². The van der Waals surface area contributed by atoms with E-state index in [-0.39, 0.29) is 5.91 Å².